The van der Waals surface area contributed by atoms with Crippen LogP contribution in [0.2, 0.25) is 0 Å². The number of carbonyl (C=O) groups excluding carboxylic acids is 2. The van der Waals surface area contributed by atoms with Crippen LogP contribution >= 0.6 is 0 Å². The summed E-state index contributed by atoms with van der Waals surface area (Å²) in [7, 11) is 0. The fourth-order valence-electron chi connectivity index (χ4n) is 3.31. The molecule has 0 unspecified atom stereocenters. The first-order valence-electron chi connectivity index (χ1n) is 9.02. The molecule has 10 heteroatoms. The number of carbonyl (C=O) groups is 2. The monoisotopic (exact) mass is 408 g/mol. The highest BCUT2D eigenvalue weighted by atomic mass is 19.3. The Balaban J connectivity index is 1.63. The van der Waals surface area contributed by atoms with Crippen LogP contribution in [-0.2, 0) is 9.53 Å². The van der Waals surface area contributed by atoms with E-state index in [1.54, 1.807) is 12.1 Å². The molecule has 154 valence electrons. The second-order valence-corrected chi connectivity index (χ2v) is 6.70. The lowest BCUT2D eigenvalue weighted by atomic mass is 10.0. The van der Waals surface area contributed by atoms with Crippen LogP contribution in [0.5, 0.6) is 0 Å². The fraction of sp³-hybridized carbons (Fsp3) is 0.421. The van der Waals surface area contributed by atoms with Gasteiger partial charge in [0.05, 0.1) is 31.0 Å². The van der Waals surface area contributed by atoms with Gasteiger partial charge in [0.15, 0.2) is 6.20 Å². The van der Waals surface area contributed by atoms with Crippen LogP contribution in [-0.4, -0.2) is 50.7 Å². The maximum Gasteiger partial charge on any atom is 0.414 e. The van der Waals surface area contributed by atoms with Crippen molar-refractivity contribution in [1.82, 2.24) is 5.32 Å². The number of alkyl halides is 2. The van der Waals surface area contributed by atoms with Gasteiger partial charge in [-0.05, 0) is 31.0 Å². The van der Waals surface area contributed by atoms with Crippen LogP contribution in [0, 0.1) is 12.4 Å². The van der Waals surface area contributed by atoms with Gasteiger partial charge in [-0.2, -0.15) is 8.78 Å². The minimum Gasteiger partial charge on any atom is -0.442 e. The van der Waals surface area contributed by atoms with Gasteiger partial charge in [-0.1, -0.05) is 5.57 Å². The molecule has 1 aromatic rings. The van der Waals surface area contributed by atoms with E-state index in [9.17, 15) is 22.8 Å². The summed E-state index contributed by atoms with van der Waals surface area (Å²) in [4.78, 5) is 29.3. The van der Waals surface area contributed by atoms with Gasteiger partial charge in [-0.3, -0.25) is 9.69 Å². The zero-order valence-electron chi connectivity index (χ0n) is 15.4. The smallest absolute Gasteiger partial charge is 0.414 e. The number of anilines is 2. The number of benzene rings is 1. The van der Waals surface area contributed by atoms with Gasteiger partial charge in [0.1, 0.15) is 11.9 Å². The standard InChI is InChI=1S/C19H19F3N4O3/c1-23-9-12-4-6-25(7-5-12)16-3-2-13(8-15(16)20)26-11-14(29-19(26)28)10-24-18(27)17(21)22/h2-3,8-9,14,17H,4-7,10-11H2,(H,24,27)/t14-/m0/s1. The Bertz CT molecular complexity index is 859. The third kappa shape index (κ3) is 4.80. The van der Waals surface area contributed by atoms with Crippen LogP contribution in [0.15, 0.2) is 30.0 Å². The summed E-state index contributed by atoms with van der Waals surface area (Å²) < 4.78 is 44.2. The molecule has 1 N–H and O–H groups in total. The molecular weight excluding hydrogens is 389 g/mol. The number of halogens is 3. The molecule has 7 nitrogen and oxygen atoms in total. The Morgan fingerprint density at radius 1 is 1.38 bits per heavy atom. The first-order valence-corrected chi connectivity index (χ1v) is 9.02. The molecule has 2 heterocycles. The molecule has 29 heavy (non-hydrogen) atoms. The predicted octanol–water partition coefficient (Wildman–Crippen LogP) is 2.94. The molecule has 2 aliphatic heterocycles. The number of piperidine rings is 1. The number of nitrogens with zero attached hydrogens (tertiary/aromatic N) is 3. The van der Waals surface area contributed by atoms with Crippen LogP contribution in [0.3, 0.4) is 0 Å². The van der Waals surface area contributed by atoms with Gasteiger partial charge in [-0.25, -0.2) is 14.0 Å². The van der Waals surface area contributed by atoms with E-state index in [4.69, 9.17) is 11.3 Å². The van der Waals surface area contributed by atoms with Crippen LogP contribution in [0.1, 0.15) is 12.8 Å². The van der Waals surface area contributed by atoms with E-state index in [0.717, 1.165) is 5.57 Å². The largest absolute Gasteiger partial charge is 0.442 e. The Kier molecular flexibility index (Phi) is 6.26. The van der Waals surface area contributed by atoms with Crippen molar-refractivity contribution in [1.29, 1.82) is 0 Å². The van der Waals surface area contributed by atoms with Crippen molar-refractivity contribution in [2.24, 2.45) is 0 Å². The highest BCUT2D eigenvalue weighted by Gasteiger charge is 2.33. The topological polar surface area (TPSA) is 66.2 Å². The lowest BCUT2D eigenvalue weighted by molar-refractivity contribution is -0.132. The molecule has 2 aliphatic rings. The van der Waals surface area contributed by atoms with Crippen LogP contribution in [0.4, 0.5) is 29.3 Å². The van der Waals surface area contributed by atoms with Gasteiger partial charge in [0, 0.05) is 13.1 Å². The molecule has 1 atom stereocenters. The highest BCUT2D eigenvalue weighted by Crippen LogP contribution is 2.30. The summed E-state index contributed by atoms with van der Waals surface area (Å²) in [6.45, 7) is 7.81. The molecule has 0 radical (unpaired) electrons. The fourth-order valence-corrected chi connectivity index (χ4v) is 3.31. The number of amides is 2. The van der Waals surface area contributed by atoms with E-state index >= 15 is 0 Å². The van der Waals surface area contributed by atoms with Crippen LogP contribution in [0.25, 0.3) is 4.85 Å². The van der Waals surface area contributed by atoms with E-state index in [1.165, 1.54) is 17.2 Å². The molecule has 0 aliphatic carbocycles. The lowest BCUT2D eigenvalue weighted by Crippen LogP contribution is -2.37. The maximum atomic E-state index is 14.7. The molecule has 3 rings (SSSR count). The van der Waals surface area contributed by atoms with Crippen LogP contribution < -0.4 is 15.1 Å². The molecule has 0 bridgehead atoms. The maximum absolute atomic E-state index is 14.7. The summed E-state index contributed by atoms with van der Waals surface area (Å²) >= 11 is 0. The summed E-state index contributed by atoms with van der Waals surface area (Å²) in [5, 5.41) is 2.00. The summed E-state index contributed by atoms with van der Waals surface area (Å²) in [5.74, 6) is -1.94. The predicted molar refractivity (Wildman–Crippen MR) is 99.2 cm³/mol. The molecule has 2 saturated heterocycles. The highest BCUT2D eigenvalue weighted by molar-refractivity contribution is 5.90. The first-order chi connectivity index (χ1) is 13.9. The summed E-state index contributed by atoms with van der Waals surface area (Å²) in [5.41, 5.74) is 1.73. The number of nitrogens with one attached hydrogen (secondary N) is 1. The Morgan fingerprint density at radius 3 is 2.72 bits per heavy atom. The number of hydrogen-bond donors (Lipinski definition) is 1. The van der Waals surface area contributed by atoms with E-state index in [2.05, 4.69) is 4.85 Å². The zero-order valence-corrected chi connectivity index (χ0v) is 15.4. The van der Waals surface area contributed by atoms with Crippen molar-refractivity contribution in [2.75, 3.05) is 36.0 Å². The Labute approximate surface area is 165 Å². The van der Waals surface area contributed by atoms with Gasteiger partial charge in [0.2, 0.25) is 0 Å². The molecule has 0 spiro atoms. The first kappa shape index (κ1) is 20.5. The van der Waals surface area contributed by atoms with Crippen molar-refractivity contribution in [3.8, 4) is 0 Å². The van der Waals surface area contributed by atoms with Crippen molar-refractivity contribution >= 4 is 23.4 Å². The SMILES string of the molecule is [C-]#[N+]C=C1CCN(c2ccc(N3C[C@H](CNC(=O)C(F)F)OC3=O)cc2F)CC1. The molecule has 1 aromatic carbocycles. The third-order valence-electron chi connectivity index (χ3n) is 4.81. The molecule has 2 amide bonds. The van der Waals surface area contributed by atoms with Gasteiger partial charge < -0.3 is 15.0 Å². The molecule has 0 aromatic heterocycles. The Morgan fingerprint density at radius 2 is 2.10 bits per heavy atom. The molecule has 2 fully saturated rings. The van der Waals surface area contributed by atoms with Crippen molar-refractivity contribution < 1.29 is 27.5 Å². The van der Waals surface area contributed by atoms with Gasteiger partial charge >= 0.3 is 12.5 Å². The van der Waals surface area contributed by atoms with Crippen molar-refractivity contribution in [3.63, 3.8) is 0 Å². The Hall–Kier alpha value is -3.22. The van der Waals surface area contributed by atoms with Gasteiger partial charge in [0.25, 0.3) is 5.91 Å². The van der Waals surface area contributed by atoms with Crippen molar-refractivity contribution in [3.05, 3.63) is 47.2 Å². The number of hydrogen-bond acceptors (Lipinski definition) is 4. The molecule has 0 saturated carbocycles. The van der Waals surface area contributed by atoms with Gasteiger partial charge in [-0.15, -0.1) is 0 Å². The zero-order chi connectivity index (χ0) is 21.0. The normalized spacial score (nSPS) is 19.2. The number of ether oxygens (including phenoxy) is 1. The second-order valence-electron chi connectivity index (χ2n) is 6.70. The average Bonchev–Trinajstić information content (AvgIpc) is 3.07. The average molecular weight is 408 g/mol. The minimum atomic E-state index is -3.15. The van der Waals surface area contributed by atoms with E-state index in [-0.39, 0.29) is 18.8 Å². The number of rotatable bonds is 5. The van der Waals surface area contributed by atoms with E-state index in [0.29, 0.717) is 31.6 Å². The quantitative estimate of drug-likeness (QED) is 0.761. The van der Waals surface area contributed by atoms with E-state index in [1.807, 2.05) is 10.2 Å². The van der Waals surface area contributed by atoms with Crippen molar-refractivity contribution in [2.45, 2.75) is 25.4 Å². The minimum absolute atomic E-state index is 0.00955. The summed E-state index contributed by atoms with van der Waals surface area (Å²) in [6, 6.07) is 4.39. The lowest BCUT2D eigenvalue weighted by Gasteiger charge is -2.31. The third-order valence-corrected chi connectivity index (χ3v) is 4.81. The second kappa shape index (κ2) is 8.86. The molecular formula is C19H19F3N4O3. The van der Waals surface area contributed by atoms with E-state index < -0.39 is 30.3 Å². The summed E-state index contributed by atoms with van der Waals surface area (Å²) in [6.07, 6.45) is -1.80. The number of cyclic esters (lactones) is 1.